The molecular formula is C15H22N2O2S. The third-order valence-corrected chi connectivity index (χ3v) is 4.41. The van der Waals surface area contributed by atoms with Crippen LogP contribution in [0.25, 0.3) is 0 Å². The Morgan fingerprint density at radius 2 is 2.40 bits per heavy atom. The van der Waals surface area contributed by atoms with Gasteiger partial charge in [0.2, 0.25) is 5.91 Å². The fourth-order valence-corrected chi connectivity index (χ4v) is 2.97. The van der Waals surface area contributed by atoms with Gasteiger partial charge in [0.05, 0.1) is 23.9 Å². The maximum Gasteiger partial charge on any atom is 0.227 e. The molecule has 1 fully saturated rings. The van der Waals surface area contributed by atoms with Gasteiger partial charge in [0.25, 0.3) is 0 Å². The number of nitrogens with two attached hydrogens (primary N) is 1. The first-order chi connectivity index (χ1) is 9.69. The van der Waals surface area contributed by atoms with E-state index in [1.165, 1.54) is 0 Å². The first-order valence-corrected chi connectivity index (χ1v) is 8.11. The molecule has 1 aliphatic rings. The van der Waals surface area contributed by atoms with Crippen LogP contribution < -0.4 is 11.1 Å². The van der Waals surface area contributed by atoms with Crippen LogP contribution >= 0.6 is 11.8 Å². The van der Waals surface area contributed by atoms with Crippen LogP contribution in [0, 0.1) is 0 Å². The molecule has 1 aliphatic heterocycles. The lowest BCUT2D eigenvalue weighted by Crippen LogP contribution is -2.19. The number of amides is 1. The zero-order chi connectivity index (χ0) is 14.4. The zero-order valence-corrected chi connectivity index (χ0v) is 12.7. The van der Waals surface area contributed by atoms with E-state index in [2.05, 4.69) is 12.2 Å². The molecule has 20 heavy (non-hydrogen) atoms. The summed E-state index contributed by atoms with van der Waals surface area (Å²) in [5.74, 6) is 1.04. The average Bonchev–Trinajstić information content (AvgIpc) is 2.92. The van der Waals surface area contributed by atoms with Crippen molar-refractivity contribution in [3.05, 3.63) is 18.2 Å². The fourth-order valence-electron chi connectivity index (χ4n) is 2.17. The summed E-state index contributed by atoms with van der Waals surface area (Å²) in [4.78, 5) is 13.1. The van der Waals surface area contributed by atoms with E-state index in [0.717, 1.165) is 36.5 Å². The highest BCUT2D eigenvalue weighted by molar-refractivity contribution is 7.99. The third-order valence-electron chi connectivity index (χ3n) is 3.21. The number of anilines is 2. The molecule has 4 nitrogen and oxygen atoms in total. The van der Waals surface area contributed by atoms with Crippen LogP contribution in [0.1, 0.15) is 32.6 Å². The SMILES string of the molecule is CCCSc1ccc(N)c(NC(=O)CC2CCCO2)c1. The molecule has 0 aliphatic carbocycles. The lowest BCUT2D eigenvalue weighted by molar-refractivity contribution is -0.118. The number of nitrogens with one attached hydrogen (secondary N) is 1. The van der Waals surface area contributed by atoms with Crippen molar-refractivity contribution in [2.75, 3.05) is 23.4 Å². The Morgan fingerprint density at radius 1 is 1.55 bits per heavy atom. The van der Waals surface area contributed by atoms with Gasteiger partial charge in [-0.15, -0.1) is 11.8 Å². The highest BCUT2D eigenvalue weighted by Gasteiger charge is 2.19. The van der Waals surface area contributed by atoms with Gasteiger partial charge < -0.3 is 15.8 Å². The van der Waals surface area contributed by atoms with Crippen LogP contribution in [0.4, 0.5) is 11.4 Å². The minimum absolute atomic E-state index is 0.0266. The van der Waals surface area contributed by atoms with E-state index in [1.807, 2.05) is 18.2 Å². The molecule has 1 amide bonds. The number of carbonyl (C=O) groups is 1. The number of carbonyl (C=O) groups excluding carboxylic acids is 1. The van der Waals surface area contributed by atoms with E-state index in [0.29, 0.717) is 17.8 Å². The molecule has 0 spiro atoms. The molecule has 1 unspecified atom stereocenters. The summed E-state index contributed by atoms with van der Waals surface area (Å²) in [7, 11) is 0. The normalized spacial score (nSPS) is 18.1. The Balaban J connectivity index is 1.94. The molecule has 1 heterocycles. The van der Waals surface area contributed by atoms with Crippen molar-refractivity contribution in [2.24, 2.45) is 0 Å². The van der Waals surface area contributed by atoms with E-state index >= 15 is 0 Å². The van der Waals surface area contributed by atoms with E-state index < -0.39 is 0 Å². The highest BCUT2D eigenvalue weighted by Crippen LogP contribution is 2.27. The van der Waals surface area contributed by atoms with Crippen LogP contribution in [-0.2, 0) is 9.53 Å². The van der Waals surface area contributed by atoms with Gasteiger partial charge in [-0.3, -0.25) is 4.79 Å². The summed E-state index contributed by atoms with van der Waals surface area (Å²) < 4.78 is 5.47. The van der Waals surface area contributed by atoms with E-state index in [4.69, 9.17) is 10.5 Å². The number of rotatable bonds is 6. The van der Waals surface area contributed by atoms with Crippen LogP contribution in [-0.4, -0.2) is 24.4 Å². The zero-order valence-electron chi connectivity index (χ0n) is 11.9. The first kappa shape index (κ1) is 15.2. The molecule has 1 saturated heterocycles. The summed E-state index contributed by atoms with van der Waals surface area (Å²) in [6.45, 7) is 2.91. The molecule has 1 aromatic rings. The van der Waals surface area contributed by atoms with Crippen LogP contribution in [0.2, 0.25) is 0 Å². The third kappa shape index (κ3) is 4.42. The predicted molar refractivity (Wildman–Crippen MR) is 84.1 cm³/mol. The Morgan fingerprint density at radius 3 is 3.10 bits per heavy atom. The summed E-state index contributed by atoms with van der Waals surface area (Å²) >= 11 is 1.77. The number of thioether (sulfide) groups is 1. The molecule has 1 aromatic carbocycles. The first-order valence-electron chi connectivity index (χ1n) is 7.13. The monoisotopic (exact) mass is 294 g/mol. The van der Waals surface area contributed by atoms with Crippen molar-refractivity contribution in [3.8, 4) is 0 Å². The van der Waals surface area contributed by atoms with Crippen LogP contribution in [0.15, 0.2) is 23.1 Å². The van der Waals surface area contributed by atoms with Gasteiger partial charge in [0.1, 0.15) is 0 Å². The number of benzene rings is 1. The Bertz CT molecular complexity index is 459. The summed E-state index contributed by atoms with van der Waals surface area (Å²) in [5.41, 5.74) is 7.23. The second-order valence-electron chi connectivity index (χ2n) is 4.98. The van der Waals surface area contributed by atoms with Crippen molar-refractivity contribution in [2.45, 2.75) is 43.6 Å². The van der Waals surface area contributed by atoms with Crippen molar-refractivity contribution < 1.29 is 9.53 Å². The van der Waals surface area contributed by atoms with E-state index in [-0.39, 0.29) is 12.0 Å². The topological polar surface area (TPSA) is 64.3 Å². The van der Waals surface area contributed by atoms with E-state index in [9.17, 15) is 4.79 Å². The van der Waals surface area contributed by atoms with Crippen LogP contribution in [0.5, 0.6) is 0 Å². The van der Waals surface area contributed by atoms with E-state index in [1.54, 1.807) is 11.8 Å². The molecule has 0 bridgehead atoms. The van der Waals surface area contributed by atoms with Gasteiger partial charge in [-0.2, -0.15) is 0 Å². The molecule has 110 valence electrons. The molecule has 3 N–H and O–H groups in total. The Hall–Kier alpha value is -1.20. The summed E-state index contributed by atoms with van der Waals surface area (Å²) in [5, 5.41) is 2.90. The summed E-state index contributed by atoms with van der Waals surface area (Å²) in [6.07, 6.45) is 3.61. The molecule has 0 aromatic heterocycles. The quantitative estimate of drug-likeness (QED) is 0.624. The van der Waals surface area contributed by atoms with Crippen molar-refractivity contribution in [1.82, 2.24) is 0 Å². The molecule has 1 atom stereocenters. The second kappa shape index (κ2) is 7.55. The lowest BCUT2D eigenvalue weighted by atomic mass is 10.1. The molecule has 0 radical (unpaired) electrons. The fraction of sp³-hybridized carbons (Fsp3) is 0.533. The number of hydrogen-bond acceptors (Lipinski definition) is 4. The lowest BCUT2D eigenvalue weighted by Gasteiger charge is -2.12. The van der Waals surface area contributed by atoms with Crippen LogP contribution in [0.3, 0.4) is 0 Å². The van der Waals surface area contributed by atoms with Gasteiger partial charge in [0.15, 0.2) is 0 Å². The maximum absolute atomic E-state index is 12.0. The average molecular weight is 294 g/mol. The Labute approximate surface area is 124 Å². The molecule has 0 saturated carbocycles. The van der Waals surface area contributed by atoms with Gasteiger partial charge in [0, 0.05) is 11.5 Å². The molecular weight excluding hydrogens is 272 g/mol. The minimum Gasteiger partial charge on any atom is -0.397 e. The van der Waals surface area contributed by atoms with Gasteiger partial charge >= 0.3 is 0 Å². The minimum atomic E-state index is -0.0266. The summed E-state index contributed by atoms with van der Waals surface area (Å²) in [6, 6.07) is 5.79. The highest BCUT2D eigenvalue weighted by atomic mass is 32.2. The number of ether oxygens (including phenoxy) is 1. The van der Waals surface area contributed by atoms with Gasteiger partial charge in [-0.05, 0) is 43.2 Å². The van der Waals surface area contributed by atoms with Gasteiger partial charge in [-0.25, -0.2) is 0 Å². The van der Waals surface area contributed by atoms with Crippen molar-refractivity contribution >= 4 is 29.0 Å². The smallest absolute Gasteiger partial charge is 0.227 e. The second-order valence-corrected chi connectivity index (χ2v) is 6.15. The number of hydrogen-bond donors (Lipinski definition) is 2. The standard InChI is InChI=1S/C15H22N2O2S/c1-2-8-20-12-5-6-13(16)14(10-12)17-15(18)9-11-4-3-7-19-11/h5-6,10-11H,2-4,7-9,16H2,1H3,(H,17,18). The predicted octanol–water partition coefficient (Wildman–Crippen LogP) is 3.28. The van der Waals surface area contributed by atoms with Crippen molar-refractivity contribution in [1.29, 1.82) is 0 Å². The molecule has 2 rings (SSSR count). The van der Waals surface area contributed by atoms with Crippen molar-refractivity contribution in [3.63, 3.8) is 0 Å². The Kier molecular flexibility index (Phi) is 5.73. The molecule has 5 heteroatoms. The largest absolute Gasteiger partial charge is 0.397 e. The van der Waals surface area contributed by atoms with Gasteiger partial charge in [-0.1, -0.05) is 6.92 Å². The maximum atomic E-state index is 12.0. The number of nitrogen functional groups attached to an aromatic ring is 1.